The topological polar surface area (TPSA) is 86.2 Å². The van der Waals surface area contributed by atoms with Crippen LogP contribution in [0.2, 0.25) is 0 Å². The number of benzene rings is 3. The van der Waals surface area contributed by atoms with Crippen LogP contribution in [0.3, 0.4) is 0 Å². The van der Waals surface area contributed by atoms with Crippen LogP contribution in [0.15, 0.2) is 84.0 Å². The Hall–Kier alpha value is -4.13. The van der Waals surface area contributed by atoms with Crippen molar-refractivity contribution in [3.8, 4) is 17.2 Å². The molecule has 0 spiro atoms. The summed E-state index contributed by atoms with van der Waals surface area (Å²) in [4.78, 5) is 24.6. The van der Waals surface area contributed by atoms with E-state index in [1.165, 1.54) is 6.21 Å². The molecular weight excluding hydrogens is 420 g/mol. The van der Waals surface area contributed by atoms with Crippen molar-refractivity contribution in [3.63, 3.8) is 0 Å². The lowest BCUT2D eigenvalue weighted by Gasteiger charge is -2.17. The highest BCUT2D eigenvalue weighted by atomic mass is 16.5. The van der Waals surface area contributed by atoms with Crippen LogP contribution in [0, 0.1) is 0 Å². The monoisotopic (exact) mass is 446 g/mol. The fraction of sp³-hybridized carbons (Fsp3) is 0.192. The van der Waals surface area contributed by atoms with E-state index in [0.29, 0.717) is 29.2 Å². The number of esters is 1. The van der Waals surface area contributed by atoms with Crippen LogP contribution in [0.5, 0.6) is 17.2 Å². The standard InChI is InChI=1S/C26H26N2O5/c1-3-7-24(32-22-16-14-21(31-2)15-17-22)25(29)28-27-18-19-10-12-23(13-11-19)33-26(30)20-8-5-4-6-9-20/h4-6,8-18,24H,3,7H2,1-2H3,(H,28,29)/b27-18-/t24-/m0/s1. The molecule has 3 aromatic carbocycles. The number of amides is 1. The van der Waals surface area contributed by atoms with E-state index < -0.39 is 12.1 Å². The molecule has 0 fully saturated rings. The number of ether oxygens (including phenoxy) is 3. The summed E-state index contributed by atoms with van der Waals surface area (Å²) in [5.41, 5.74) is 3.73. The van der Waals surface area contributed by atoms with Crippen molar-refractivity contribution in [2.24, 2.45) is 5.10 Å². The molecule has 3 aromatic rings. The molecule has 0 unspecified atom stereocenters. The molecule has 0 radical (unpaired) electrons. The molecule has 1 N–H and O–H groups in total. The Morgan fingerprint density at radius 1 is 0.909 bits per heavy atom. The zero-order chi connectivity index (χ0) is 23.5. The number of hydrazone groups is 1. The summed E-state index contributed by atoms with van der Waals surface area (Å²) in [6.45, 7) is 1.98. The van der Waals surface area contributed by atoms with Crippen molar-refractivity contribution < 1.29 is 23.8 Å². The van der Waals surface area contributed by atoms with Crippen LogP contribution in [-0.2, 0) is 4.79 Å². The van der Waals surface area contributed by atoms with E-state index >= 15 is 0 Å². The summed E-state index contributed by atoms with van der Waals surface area (Å²) in [6, 6.07) is 22.6. The zero-order valence-electron chi connectivity index (χ0n) is 18.6. The van der Waals surface area contributed by atoms with Gasteiger partial charge in [-0.1, -0.05) is 31.5 Å². The second-order valence-corrected chi connectivity index (χ2v) is 7.13. The van der Waals surface area contributed by atoms with Crippen molar-refractivity contribution in [2.45, 2.75) is 25.9 Å². The van der Waals surface area contributed by atoms with Gasteiger partial charge in [-0.05, 0) is 72.6 Å². The molecule has 0 aliphatic carbocycles. The van der Waals surface area contributed by atoms with Gasteiger partial charge in [-0.15, -0.1) is 0 Å². The Labute approximate surface area is 193 Å². The molecule has 170 valence electrons. The van der Waals surface area contributed by atoms with Crippen molar-refractivity contribution in [1.82, 2.24) is 5.43 Å². The number of methoxy groups -OCH3 is 1. The van der Waals surface area contributed by atoms with E-state index in [0.717, 1.165) is 12.0 Å². The summed E-state index contributed by atoms with van der Waals surface area (Å²) in [7, 11) is 1.59. The van der Waals surface area contributed by atoms with Gasteiger partial charge < -0.3 is 14.2 Å². The minimum absolute atomic E-state index is 0.336. The third kappa shape index (κ3) is 7.21. The summed E-state index contributed by atoms with van der Waals surface area (Å²) in [5.74, 6) is 0.944. The largest absolute Gasteiger partial charge is 0.497 e. The third-order valence-electron chi connectivity index (χ3n) is 4.67. The van der Waals surface area contributed by atoms with E-state index in [4.69, 9.17) is 14.2 Å². The summed E-state index contributed by atoms with van der Waals surface area (Å²) in [5, 5.41) is 4.02. The van der Waals surface area contributed by atoms with Gasteiger partial charge in [-0.25, -0.2) is 10.2 Å². The zero-order valence-corrected chi connectivity index (χ0v) is 18.6. The predicted molar refractivity (Wildman–Crippen MR) is 126 cm³/mol. The van der Waals surface area contributed by atoms with Crippen LogP contribution in [0.1, 0.15) is 35.7 Å². The first-order valence-electron chi connectivity index (χ1n) is 10.6. The summed E-state index contributed by atoms with van der Waals surface area (Å²) in [6.07, 6.45) is 2.17. The molecule has 0 saturated carbocycles. The van der Waals surface area contributed by atoms with Crippen molar-refractivity contribution in [1.29, 1.82) is 0 Å². The van der Waals surface area contributed by atoms with Gasteiger partial charge in [0.15, 0.2) is 6.10 Å². The number of hydrogen-bond acceptors (Lipinski definition) is 6. The summed E-state index contributed by atoms with van der Waals surface area (Å²) >= 11 is 0. The smallest absolute Gasteiger partial charge is 0.343 e. The van der Waals surface area contributed by atoms with Crippen LogP contribution >= 0.6 is 0 Å². The van der Waals surface area contributed by atoms with Crippen LogP contribution in [0.25, 0.3) is 0 Å². The molecule has 0 aliphatic heterocycles. The van der Waals surface area contributed by atoms with E-state index in [2.05, 4.69) is 10.5 Å². The highest BCUT2D eigenvalue weighted by Crippen LogP contribution is 2.19. The van der Waals surface area contributed by atoms with E-state index in [-0.39, 0.29) is 5.91 Å². The molecule has 0 heterocycles. The van der Waals surface area contributed by atoms with Crippen molar-refractivity contribution >= 4 is 18.1 Å². The van der Waals surface area contributed by atoms with Crippen LogP contribution in [0.4, 0.5) is 0 Å². The molecule has 1 atom stereocenters. The Balaban J connectivity index is 1.53. The lowest BCUT2D eigenvalue weighted by Crippen LogP contribution is -2.35. The van der Waals surface area contributed by atoms with Gasteiger partial charge in [0.25, 0.3) is 5.91 Å². The molecule has 0 saturated heterocycles. The van der Waals surface area contributed by atoms with E-state index in [9.17, 15) is 9.59 Å². The molecular formula is C26H26N2O5. The fourth-order valence-electron chi connectivity index (χ4n) is 2.93. The number of nitrogens with one attached hydrogen (secondary N) is 1. The minimum atomic E-state index is -0.666. The minimum Gasteiger partial charge on any atom is -0.497 e. The molecule has 1 amide bonds. The Morgan fingerprint density at radius 3 is 2.18 bits per heavy atom. The highest BCUT2D eigenvalue weighted by Gasteiger charge is 2.19. The molecule has 0 aromatic heterocycles. The van der Waals surface area contributed by atoms with Gasteiger partial charge in [-0.2, -0.15) is 5.10 Å². The normalized spacial score (nSPS) is 11.6. The van der Waals surface area contributed by atoms with E-state index in [1.807, 2.05) is 13.0 Å². The number of rotatable bonds is 10. The van der Waals surface area contributed by atoms with Gasteiger partial charge in [-0.3, -0.25) is 4.79 Å². The quantitative estimate of drug-likeness (QED) is 0.213. The Morgan fingerprint density at radius 2 is 1.55 bits per heavy atom. The third-order valence-corrected chi connectivity index (χ3v) is 4.67. The fourth-order valence-corrected chi connectivity index (χ4v) is 2.93. The Kier molecular flexibility index (Phi) is 8.59. The average Bonchev–Trinajstić information content (AvgIpc) is 2.85. The maximum Gasteiger partial charge on any atom is 0.343 e. The van der Waals surface area contributed by atoms with Gasteiger partial charge in [0.2, 0.25) is 0 Å². The first-order valence-corrected chi connectivity index (χ1v) is 10.6. The maximum absolute atomic E-state index is 12.5. The molecule has 7 nitrogen and oxygen atoms in total. The van der Waals surface area contributed by atoms with Gasteiger partial charge in [0.1, 0.15) is 17.2 Å². The van der Waals surface area contributed by atoms with Crippen molar-refractivity contribution in [3.05, 3.63) is 90.0 Å². The van der Waals surface area contributed by atoms with Crippen LogP contribution < -0.4 is 19.6 Å². The SMILES string of the molecule is CCC[C@H](Oc1ccc(OC)cc1)C(=O)N/N=C\c1ccc(OC(=O)c2ccccc2)cc1. The van der Waals surface area contributed by atoms with Gasteiger partial charge in [0.05, 0.1) is 18.9 Å². The van der Waals surface area contributed by atoms with Crippen LogP contribution in [-0.4, -0.2) is 31.3 Å². The van der Waals surface area contributed by atoms with Gasteiger partial charge in [0, 0.05) is 0 Å². The molecule has 0 bridgehead atoms. The highest BCUT2D eigenvalue weighted by molar-refractivity contribution is 5.91. The number of nitrogens with zero attached hydrogens (tertiary/aromatic N) is 1. The lowest BCUT2D eigenvalue weighted by atomic mass is 10.2. The second-order valence-electron chi connectivity index (χ2n) is 7.13. The number of carbonyl (C=O) groups excluding carboxylic acids is 2. The first kappa shape index (κ1) is 23.5. The summed E-state index contributed by atoms with van der Waals surface area (Å²) < 4.78 is 16.3. The molecule has 7 heteroatoms. The van der Waals surface area contributed by atoms with Crippen molar-refractivity contribution in [2.75, 3.05) is 7.11 Å². The number of hydrogen-bond donors (Lipinski definition) is 1. The van der Waals surface area contributed by atoms with E-state index in [1.54, 1.807) is 79.9 Å². The first-order chi connectivity index (χ1) is 16.1. The number of carbonyl (C=O) groups is 2. The van der Waals surface area contributed by atoms with Gasteiger partial charge >= 0.3 is 5.97 Å². The second kappa shape index (κ2) is 12.0. The maximum atomic E-state index is 12.5. The molecule has 33 heavy (non-hydrogen) atoms. The average molecular weight is 447 g/mol. The molecule has 3 rings (SSSR count). The Bertz CT molecular complexity index is 1060. The lowest BCUT2D eigenvalue weighted by molar-refractivity contribution is -0.128. The molecule has 0 aliphatic rings. The predicted octanol–water partition coefficient (Wildman–Crippen LogP) is 4.61.